The normalized spacial score (nSPS) is 11.2. The van der Waals surface area contributed by atoms with Crippen molar-refractivity contribution in [1.82, 2.24) is 15.1 Å². The van der Waals surface area contributed by atoms with Crippen LogP contribution >= 0.6 is 11.6 Å². The molecule has 0 spiro atoms. The van der Waals surface area contributed by atoms with Crippen molar-refractivity contribution in [3.63, 3.8) is 0 Å². The number of halogens is 4. The second-order valence-corrected chi connectivity index (χ2v) is 5.14. The number of amides is 2. The number of aryl methyl sites for hydroxylation is 1. The first-order chi connectivity index (χ1) is 11.1. The van der Waals surface area contributed by atoms with Gasteiger partial charge in [0, 0.05) is 20.2 Å². The summed E-state index contributed by atoms with van der Waals surface area (Å²) in [7, 11) is 2.60. The molecule has 2 amide bonds. The van der Waals surface area contributed by atoms with Gasteiger partial charge in [-0.1, -0.05) is 17.7 Å². The number of aromatic nitrogens is 2. The van der Waals surface area contributed by atoms with Gasteiger partial charge in [-0.25, -0.2) is 0 Å². The molecule has 0 bridgehead atoms. The van der Waals surface area contributed by atoms with E-state index in [0.717, 1.165) is 4.68 Å². The molecule has 2 aromatic rings. The molecule has 0 aliphatic rings. The van der Waals surface area contributed by atoms with Crippen molar-refractivity contribution < 1.29 is 22.8 Å². The van der Waals surface area contributed by atoms with Crippen LogP contribution in [-0.4, -0.2) is 28.6 Å². The standard InChI is InChI=1S/C14H12ClF3N4O2/c1-19-12(23)7-4-3-5-8(15)11(7)20-13(24)9-6-10(14(16,17)18)21-22(9)2/h3-6H,1-2H3,(H,19,23)(H,20,24). The van der Waals surface area contributed by atoms with Gasteiger partial charge >= 0.3 is 6.18 Å². The molecule has 0 radical (unpaired) electrons. The molecule has 1 aromatic carbocycles. The van der Waals surface area contributed by atoms with Crippen LogP contribution in [0.25, 0.3) is 0 Å². The number of para-hydroxylation sites is 1. The molecule has 2 rings (SSSR count). The predicted molar refractivity (Wildman–Crippen MR) is 81.0 cm³/mol. The molecule has 0 aliphatic carbocycles. The molecule has 1 aromatic heterocycles. The van der Waals surface area contributed by atoms with Crippen molar-refractivity contribution in [2.75, 3.05) is 12.4 Å². The summed E-state index contributed by atoms with van der Waals surface area (Å²) in [6.07, 6.45) is -4.67. The summed E-state index contributed by atoms with van der Waals surface area (Å²) in [6.45, 7) is 0. The summed E-state index contributed by atoms with van der Waals surface area (Å²) >= 11 is 5.98. The average molecular weight is 361 g/mol. The van der Waals surface area contributed by atoms with Crippen LogP contribution in [0.3, 0.4) is 0 Å². The minimum atomic E-state index is -4.67. The van der Waals surface area contributed by atoms with Crippen molar-refractivity contribution in [2.24, 2.45) is 7.05 Å². The van der Waals surface area contributed by atoms with E-state index in [-0.39, 0.29) is 22.0 Å². The molecule has 0 saturated heterocycles. The molecular formula is C14H12ClF3N4O2. The van der Waals surface area contributed by atoms with Crippen LogP contribution < -0.4 is 10.6 Å². The Morgan fingerprint density at radius 3 is 2.46 bits per heavy atom. The summed E-state index contributed by atoms with van der Waals surface area (Å²) < 4.78 is 38.8. The van der Waals surface area contributed by atoms with Gasteiger partial charge in [0.25, 0.3) is 11.8 Å². The van der Waals surface area contributed by atoms with Crippen molar-refractivity contribution in [3.05, 3.63) is 46.2 Å². The molecular weight excluding hydrogens is 349 g/mol. The summed E-state index contributed by atoms with van der Waals surface area (Å²) in [6, 6.07) is 4.98. The van der Waals surface area contributed by atoms with Gasteiger partial charge in [-0.2, -0.15) is 18.3 Å². The van der Waals surface area contributed by atoms with Crippen molar-refractivity contribution in [2.45, 2.75) is 6.18 Å². The van der Waals surface area contributed by atoms with Crippen LogP contribution in [0.2, 0.25) is 5.02 Å². The second kappa shape index (κ2) is 6.52. The van der Waals surface area contributed by atoms with E-state index >= 15 is 0 Å². The van der Waals surface area contributed by atoms with E-state index in [9.17, 15) is 22.8 Å². The van der Waals surface area contributed by atoms with Crippen LogP contribution in [0.15, 0.2) is 24.3 Å². The summed E-state index contributed by atoms with van der Waals surface area (Å²) in [5, 5.41) is 8.07. The second-order valence-electron chi connectivity index (χ2n) is 4.73. The van der Waals surface area contributed by atoms with E-state index in [1.807, 2.05) is 0 Å². The summed E-state index contributed by atoms with van der Waals surface area (Å²) in [4.78, 5) is 24.1. The van der Waals surface area contributed by atoms with Gasteiger partial charge in [-0.05, 0) is 12.1 Å². The lowest BCUT2D eigenvalue weighted by Crippen LogP contribution is -2.22. The molecule has 128 valence electrons. The Morgan fingerprint density at radius 2 is 1.92 bits per heavy atom. The third-order valence-electron chi connectivity index (χ3n) is 3.13. The van der Waals surface area contributed by atoms with Gasteiger partial charge in [0.2, 0.25) is 0 Å². The SMILES string of the molecule is CNC(=O)c1cccc(Cl)c1NC(=O)c1cc(C(F)(F)F)nn1C. The fraction of sp³-hybridized carbons (Fsp3) is 0.214. The topological polar surface area (TPSA) is 76.0 Å². The van der Waals surface area contributed by atoms with E-state index in [1.54, 1.807) is 0 Å². The van der Waals surface area contributed by atoms with Gasteiger partial charge in [-0.15, -0.1) is 0 Å². The number of alkyl halides is 3. The van der Waals surface area contributed by atoms with Crippen molar-refractivity contribution in [3.8, 4) is 0 Å². The van der Waals surface area contributed by atoms with Gasteiger partial charge in [0.15, 0.2) is 5.69 Å². The molecule has 1 heterocycles. The zero-order valence-electron chi connectivity index (χ0n) is 12.5. The third-order valence-corrected chi connectivity index (χ3v) is 3.44. The van der Waals surface area contributed by atoms with Crippen LogP contribution in [0, 0.1) is 0 Å². The van der Waals surface area contributed by atoms with E-state index in [1.165, 1.54) is 32.3 Å². The number of nitrogens with one attached hydrogen (secondary N) is 2. The Kier molecular flexibility index (Phi) is 4.83. The molecule has 0 unspecified atom stereocenters. The molecule has 6 nitrogen and oxygen atoms in total. The van der Waals surface area contributed by atoms with Crippen LogP contribution in [-0.2, 0) is 13.2 Å². The number of hydrogen-bond donors (Lipinski definition) is 2. The zero-order chi connectivity index (χ0) is 18.1. The lowest BCUT2D eigenvalue weighted by atomic mass is 10.1. The monoisotopic (exact) mass is 360 g/mol. The fourth-order valence-corrected chi connectivity index (χ4v) is 2.19. The summed E-state index contributed by atoms with van der Waals surface area (Å²) in [5.74, 6) is -1.38. The minimum Gasteiger partial charge on any atom is -0.355 e. The van der Waals surface area contributed by atoms with Crippen LogP contribution in [0.4, 0.5) is 18.9 Å². The molecule has 2 N–H and O–H groups in total. The Hall–Kier alpha value is -2.55. The number of carbonyl (C=O) groups excluding carboxylic acids is 2. The first-order valence-electron chi connectivity index (χ1n) is 6.58. The number of hydrogen-bond acceptors (Lipinski definition) is 3. The Balaban J connectivity index is 2.38. The molecule has 0 aliphatic heterocycles. The lowest BCUT2D eigenvalue weighted by molar-refractivity contribution is -0.141. The van der Waals surface area contributed by atoms with Crippen LogP contribution in [0.5, 0.6) is 0 Å². The quantitative estimate of drug-likeness (QED) is 0.883. The first-order valence-corrected chi connectivity index (χ1v) is 6.96. The van der Waals surface area contributed by atoms with Gasteiger partial charge in [-0.3, -0.25) is 14.3 Å². The largest absolute Gasteiger partial charge is 0.435 e. The van der Waals surface area contributed by atoms with Gasteiger partial charge < -0.3 is 10.6 Å². The minimum absolute atomic E-state index is 0.00160. The van der Waals surface area contributed by atoms with Gasteiger partial charge in [0.05, 0.1) is 16.3 Å². The van der Waals surface area contributed by atoms with Gasteiger partial charge in [0.1, 0.15) is 5.69 Å². The number of benzene rings is 1. The van der Waals surface area contributed by atoms with E-state index in [0.29, 0.717) is 6.07 Å². The van der Waals surface area contributed by atoms with E-state index in [2.05, 4.69) is 15.7 Å². The van der Waals surface area contributed by atoms with Crippen molar-refractivity contribution in [1.29, 1.82) is 0 Å². The highest BCUT2D eigenvalue weighted by molar-refractivity contribution is 6.35. The maximum absolute atomic E-state index is 12.7. The highest BCUT2D eigenvalue weighted by Crippen LogP contribution is 2.30. The Labute approximate surface area is 139 Å². The Bertz CT molecular complexity index is 802. The number of rotatable bonds is 3. The predicted octanol–water partition coefficient (Wildman–Crippen LogP) is 2.70. The van der Waals surface area contributed by atoms with Crippen molar-refractivity contribution >= 4 is 29.1 Å². The zero-order valence-corrected chi connectivity index (χ0v) is 13.3. The molecule has 0 atom stereocenters. The lowest BCUT2D eigenvalue weighted by Gasteiger charge is -2.12. The molecule has 10 heteroatoms. The molecule has 0 fully saturated rings. The highest BCUT2D eigenvalue weighted by atomic mass is 35.5. The average Bonchev–Trinajstić information content (AvgIpc) is 2.90. The van der Waals surface area contributed by atoms with Crippen LogP contribution in [0.1, 0.15) is 26.5 Å². The number of nitrogens with zero attached hydrogens (tertiary/aromatic N) is 2. The van der Waals surface area contributed by atoms with E-state index in [4.69, 9.17) is 11.6 Å². The molecule has 0 saturated carbocycles. The number of anilines is 1. The highest BCUT2D eigenvalue weighted by Gasteiger charge is 2.35. The first kappa shape index (κ1) is 17.8. The Morgan fingerprint density at radius 1 is 1.25 bits per heavy atom. The van der Waals surface area contributed by atoms with E-state index < -0.39 is 23.7 Å². The maximum Gasteiger partial charge on any atom is 0.435 e. The maximum atomic E-state index is 12.7. The summed E-state index contributed by atoms with van der Waals surface area (Å²) in [5.41, 5.74) is -1.44. The smallest absolute Gasteiger partial charge is 0.355 e. The number of carbonyl (C=O) groups is 2. The third kappa shape index (κ3) is 3.51. The molecule has 24 heavy (non-hydrogen) atoms. The fourth-order valence-electron chi connectivity index (χ4n) is 1.97.